The third kappa shape index (κ3) is 7.39. The number of hydrogen-bond acceptors (Lipinski definition) is 4. The van der Waals surface area contributed by atoms with Gasteiger partial charge in [0.1, 0.15) is 12.6 Å². The Morgan fingerprint density at radius 3 is 2.52 bits per heavy atom. The number of carboxylic acid groups (broad SMARTS) is 1. The maximum atomic E-state index is 11.6. The molecule has 0 fully saturated rings. The lowest BCUT2D eigenvalue weighted by atomic mass is 10.1. The van der Waals surface area contributed by atoms with Gasteiger partial charge in [-0.15, -0.1) is 0 Å². The van der Waals surface area contributed by atoms with E-state index in [1.807, 2.05) is 24.3 Å². The molecule has 0 saturated heterocycles. The number of halogens is 1. The zero-order valence-electron chi connectivity index (χ0n) is 11.7. The van der Waals surface area contributed by atoms with Gasteiger partial charge < -0.3 is 19.9 Å². The SMILES string of the molecule is COCCOCC(=O)N[C@@H](Cc1ccc(I)cc1)C(=O)O. The van der Waals surface area contributed by atoms with Crippen molar-refractivity contribution in [3.8, 4) is 0 Å². The maximum absolute atomic E-state index is 11.6. The molecule has 116 valence electrons. The number of carbonyl (C=O) groups excluding carboxylic acids is 1. The van der Waals surface area contributed by atoms with Crippen LogP contribution in [0.2, 0.25) is 0 Å². The molecule has 0 aromatic heterocycles. The van der Waals surface area contributed by atoms with Crippen LogP contribution in [0.15, 0.2) is 24.3 Å². The standard InChI is InChI=1S/C14H18INO5/c1-20-6-7-21-9-13(17)16-12(14(18)19)8-10-2-4-11(15)5-3-10/h2-5,12H,6-9H2,1H3,(H,16,17)(H,18,19)/t12-/m0/s1. The van der Waals surface area contributed by atoms with Crippen LogP contribution in [-0.4, -0.2) is 50.0 Å². The van der Waals surface area contributed by atoms with Gasteiger partial charge in [0.15, 0.2) is 0 Å². The summed E-state index contributed by atoms with van der Waals surface area (Å²) in [6, 6.07) is 6.51. The van der Waals surface area contributed by atoms with Gasteiger partial charge >= 0.3 is 5.97 Å². The molecule has 0 unspecified atom stereocenters. The predicted octanol–water partition coefficient (Wildman–Crippen LogP) is 1.07. The number of carboxylic acids is 1. The molecular formula is C14H18INO5. The van der Waals surface area contributed by atoms with Crippen molar-refractivity contribution in [2.75, 3.05) is 26.9 Å². The summed E-state index contributed by atoms with van der Waals surface area (Å²) in [6.07, 6.45) is 0.232. The van der Waals surface area contributed by atoms with Crippen LogP contribution in [0.3, 0.4) is 0 Å². The second-order valence-corrected chi connectivity index (χ2v) is 5.58. The lowest BCUT2D eigenvalue weighted by molar-refractivity contribution is -0.142. The third-order valence-corrected chi connectivity index (χ3v) is 3.37. The minimum atomic E-state index is -1.07. The van der Waals surface area contributed by atoms with E-state index in [1.165, 1.54) is 7.11 Å². The Labute approximate surface area is 137 Å². The van der Waals surface area contributed by atoms with Crippen molar-refractivity contribution >= 4 is 34.5 Å². The van der Waals surface area contributed by atoms with Crippen LogP contribution in [0, 0.1) is 3.57 Å². The fourth-order valence-corrected chi connectivity index (χ4v) is 1.96. The van der Waals surface area contributed by atoms with E-state index in [2.05, 4.69) is 27.9 Å². The number of methoxy groups -OCH3 is 1. The van der Waals surface area contributed by atoms with Gasteiger partial charge in [0, 0.05) is 17.1 Å². The molecule has 0 bridgehead atoms. The number of rotatable bonds is 9. The van der Waals surface area contributed by atoms with Crippen LogP contribution in [-0.2, 0) is 25.5 Å². The average Bonchev–Trinajstić information content (AvgIpc) is 2.45. The first-order valence-corrected chi connectivity index (χ1v) is 7.44. The fraction of sp³-hybridized carbons (Fsp3) is 0.429. The second-order valence-electron chi connectivity index (χ2n) is 4.33. The Morgan fingerprint density at radius 2 is 1.95 bits per heavy atom. The number of amides is 1. The lowest BCUT2D eigenvalue weighted by Gasteiger charge is -2.14. The topological polar surface area (TPSA) is 84.9 Å². The van der Waals surface area contributed by atoms with Crippen LogP contribution in [0.25, 0.3) is 0 Å². The molecule has 0 aliphatic carbocycles. The van der Waals surface area contributed by atoms with Gasteiger partial charge in [-0.1, -0.05) is 12.1 Å². The quantitative estimate of drug-likeness (QED) is 0.473. The van der Waals surface area contributed by atoms with E-state index in [9.17, 15) is 14.7 Å². The van der Waals surface area contributed by atoms with Crippen molar-refractivity contribution in [2.24, 2.45) is 0 Å². The summed E-state index contributed by atoms with van der Waals surface area (Å²) in [5.41, 5.74) is 0.850. The summed E-state index contributed by atoms with van der Waals surface area (Å²) in [6.45, 7) is 0.497. The summed E-state index contributed by atoms with van der Waals surface area (Å²) >= 11 is 2.17. The summed E-state index contributed by atoms with van der Waals surface area (Å²) in [5.74, 6) is -1.53. The van der Waals surface area contributed by atoms with E-state index in [1.54, 1.807) is 0 Å². The Hall–Kier alpha value is -1.19. The number of aliphatic carboxylic acids is 1. The van der Waals surface area contributed by atoms with Crippen molar-refractivity contribution in [3.63, 3.8) is 0 Å². The smallest absolute Gasteiger partial charge is 0.326 e. The number of carbonyl (C=O) groups is 2. The van der Waals surface area contributed by atoms with E-state index >= 15 is 0 Å². The van der Waals surface area contributed by atoms with E-state index in [4.69, 9.17) is 9.47 Å². The van der Waals surface area contributed by atoms with Crippen molar-refractivity contribution < 1.29 is 24.2 Å². The maximum Gasteiger partial charge on any atom is 0.326 e. The molecule has 0 aliphatic rings. The van der Waals surface area contributed by atoms with E-state index < -0.39 is 17.9 Å². The first kappa shape index (κ1) is 17.9. The summed E-state index contributed by atoms with van der Waals surface area (Å²) in [7, 11) is 1.53. The van der Waals surface area contributed by atoms with Crippen molar-refractivity contribution in [3.05, 3.63) is 33.4 Å². The van der Waals surface area contributed by atoms with Gasteiger partial charge in [-0.25, -0.2) is 4.79 Å². The van der Waals surface area contributed by atoms with Gasteiger partial charge in [-0.05, 0) is 40.3 Å². The number of hydrogen-bond donors (Lipinski definition) is 2. The highest BCUT2D eigenvalue weighted by Gasteiger charge is 2.20. The molecule has 1 atom stereocenters. The fourth-order valence-electron chi connectivity index (χ4n) is 1.60. The van der Waals surface area contributed by atoms with Gasteiger partial charge in [0.25, 0.3) is 0 Å². The first-order valence-electron chi connectivity index (χ1n) is 6.36. The molecule has 0 aliphatic heterocycles. The van der Waals surface area contributed by atoms with Crippen molar-refractivity contribution in [2.45, 2.75) is 12.5 Å². The van der Waals surface area contributed by atoms with Crippen LogP contribution in [0.1, 0.15) is 5.56 Å². The molecule has 1 aromatic rings. The number of benzene rings is 1. The van der Waals surface area contributed by atoms with Crippen LogP contribution < -0.4 is 5.32 Å². The third-order valence-electron chi connectivity index (χ3n) is 2.65. The van der Waals surface area contributed by atoms with E-state index in [0.29, 0.717) is 13.2 Å². The van der Waals surface area contributed by atoms with E-state index in [-0.39, 0.29) is 13.0 Å². The molecule has 21 heavy (non-hydrogen) atoms. The highest BCUT2D eigenvalue weighted by atomic mass is 127. The highest BCUT2D eigenvalue weighted by molar-refractivity contribution is 14.1. The Bertz CT molecular complexity index is 463. The molecule has 6 nitrogen and oxygen atoms in total. The summed E-state index contributed by atoms with van der Waals surface area (Å²) in [4.78, 5) is 22.8. The zero-order chi connectivity index (χ0) is 15.7. The minimum absolute atomic E-state index is 0.181. The normalized spacial score (nSPS) is 11.9. The Kier molecular flexibility index (Phi) is 8.24. The van der Waals surface area contributed by atoms with Gasteiger partial charge in [0.05, 0.1) is 13.2 Å². The largest absolute Gasteiger partial charge is 0.480 e. The van der Waals surface area contributed by atoms with Crippen LogP contribution in [0.4, 0.5) is 0 Å². The predicted molar refractivity (Wildman–Crippen MR) is 85.1 cm³/mol. The Balaban J connectivity index is 2.48. The first-order chi connectivity index (χ1) is 10.0. The molecule has 0 spiro atoms. The lowest BCUT2D eigenvalue weighted by Crippen LogP contribution is -2.44. The number of nitrogens with one attached hydrogen (secondary N) is 1. The molecule has 1 rings (SSSR count). The van der Waals surface area contributed by atoms with Gasteiger partial charge in [-0.2, -0.15) is 0 Å². The second kappa shape index (κ2) is 9.69. The van der Waals surface area contributed by atoms with Crippen LogP contribution in [0.5, 0.6) is 0 Å². The summed E-state index contributed by atoms with van der Waals surface area (Å²) in [5, 5.41) is 11.6. The molecule has 1 amide bonds. The van der Waals surface area contributed by atoms with Gasteiger partial charge in [0.2, 0.25) is 5.91 Å². The molecule has 0 heterocycles. The Morgan fingerprint density at radius 1 is 1.29 bits per heavy atom. The average molecular weight is 407 g/mol. The van der Waals surface area contributed by atoms with Crippen molar-refractivity contribution in [1.29, 1.82) is 0 Å². The minimum Gasteiger partial charge on any atom is -0.480 e. The summed E-state index contributed by atoms with van der Waals surface area (Å²) < 4.78 is 10.9. The monoisotopic (exact) mass is 407 g/mol. The van der Waals surface area contributed by atoms with E-state index in [0.717, 1.165) is 9.13 Å². The van der Waals surface area contributed by atoms with Crippen molar-refractivity contribution in [1.82, 2.24) is 5.32 Å². The van der Waals surface area contributed by atoms with Crippen LogP contribution >= 0.6 is 22.6 Å². The molecule has 2 N–H and O–H groups in total. The highest BCUT2D eigenvalue weighted by Crippen LogP contribution is 2.09. The molecule has 0 saturated carbocycles. The van der Waals surface area contributed by atoms with Gasteiger partial charge in [-0.3, -0.25) is 4.79 Å². The molecule has 7 heteroatoms. The number of ether oxygens (including phenoxy) is 2. The molecule has 0 radical (unpaired) electrons. The molecular weight excluding hydrogens is 389 g/mol. The molecule has 1 aromatic carbocycles. The zero-order valence-corrected chi connectivity index (χ0v) is 13.8.